The van der Waals surface area contributed by atoms with Crippen LogP contribution < -0.4 is 15.3 Å². The highest BCUT2D eigenvalue weighted by atomic mass is 31.2. The number of carbonyl (C=O) groups excluding carboxylic acids is 1. The number of esters is 1. The van der Waals surface area contributed by atoms with Crippen LogP contribution in [-0.2, 0) is 35.7 Å². The molecular weight excluding hydrogens is 633 g/mol. The van der Waals surface area contributed by atoms with Gasteiger partial charge < -0.3 is 24.8 Å². The highest BCUT2D eigenvalue weighted by Gasteiger charge is 2.40. The molecule has 0 spiro atoms. The molecule has 0 fully saturated rings. The third kappa shape index (κ3) is 7.80. The summed E-state index contributed by atoms with van der Waals surface area (Å²) in [5.41, 5.74) is 5.16. The molecule has 5 aromatic rings. The van der Waals surface area contributed by atoms with Crippen LogP contribution in [-0.4, -0.2) is 50.5 Å². The average molecular weight is 678 g/mol. The summed E-state index contributed by atoms with van der Waals surface area (Å²) in [7, 11) is -4.41. The molecule has 0 amide bonds. The number of rotatable bonds is 13. The van der Waals surface area contributed by atoms with Crippen LogP contribution in [0.15, 0.2) is 66.7 Å². The molecule has 2 aromatic heterocycles. The molecule has 2 heterocycles. The Hall–Kier alpha value is -4.06. The SMILES string of the molecule is CCOCc1nc2c(N)nc3ccccc3c2n1[C@@](C)(O)CO[P@@](=O)(N[C@H](C(=O)OC(C)(C)C)C(C)C)Oc1ccc2ccccc2c1. The van der Waals surface area contributed by atoms with E-state index >= 15 is 0 Å². The Morgan fingerprint density at radius 2 is 1.71 bits per heavy atom. The van der Waals surface area contributed by atoms with Gasteiger partial charge in [0, 0.05) is 12.0 Å². The summed E-state index contributed by atoms with van der Waals surface area (Å²) in [5.74, 6) is -0.205. The fourth-order valence-corrected chi connectivity index (χ4v) is 7.12. The topological polar surface area (TPSA) is 160 Å². The Bertz CT molecular complexity index is 1990. The monoisotopic (exact) mass is 677 g/mol. The number of nitrogens with zero attached hydrogens (tertiary/aromatic N) is 3. The molecule has 0 radical (unpaired) electrons. The van der Waals surface area contributed by atoms with E-state index < -0.39 is 37.7 Å². The molecule has 256 valence electrons. The zero-order valence-corrected chi connectivity index (χ0v) is 29.3. The van der Waals surface area contributed by atoms with Crippen molar-refractivity contribution in [3.05, 3.63) is 72.6 Å². The molecule has 0 aliphatic heterocycles. The largest absolute Gasteiger partial charge is 0.459 e. The number of nitrogens with two attached hydrogens (primary N) is 1. The lowest BCUT2D eigenvalue weighted by Gasteiger charge is -2.32. The van der Waals surface area contributed by atoms with E-state index in [4.69, 9.17) is 29.2 Å². The Balaban J connectivity index is 1.56. The lowest BCUT2D eigenvalue weighted by molar-refractivity contribution is -0.158. The lowest BCUT2D eigenvalue weighted by Crippen LogP contribution is -2.45. The molecular formula is C35H44N5O7P. The molecule has 0 aliphatic carbocycles. The molecule has 3 aromatic carbocycles. The summed E-state index contributed by atoms with van der Waals surface area (Å²) in [6.45, 7) is 12.1. The summed E-state index contributed by atoms with van der Waals surface area (Å²) in [5, 5.41) is 17.5. The zero-order valence-electron chi connectivity index (χ0n) is 28.4. The van der Waals surface area contributed by atoms with Gasteiger partial charge in [0.15, 0.2) is 11.5 Å². The van der Waals surface area contributed by atoms with Gasteiger partial charge in [-0.25, -0.2) is 14.5 Å². The average Bonchev–Trinajstić information content (AvgIpc) is 3.42. The van der Waals surface area contributed by atoms with Gasteiger partial charge in [0.05, 0.1) is 11.0 Å². The van der Waals surface area contributed by atoms with E-state index in [1.54, 1.807) is 51.3 Å². The number of aromatic nitrogens is 3. The highest BCUT2D eigenvalue weighted by Crippen LogP contribution is 2.47. The van der Waals surface area contributed by atoms with Crippen LogP contribution in [0.25, 0.3) is 32.7 Å². The number of ether oxygens (including phenoxy) is 2. The van der Waals surface area contributed by atoms with Crippen molar-refractivity contribution < 1.29 is 33.0 Å². The van der Waals surface area contributed by atoms with Gasteiger partial charge >= 0.3 is 13.7 Å². The number of para-hydroxylation sites is 1. The third-order valence-electron chi connectivity index (χ3n) is 7.59. The number of carbonyl (C=O) groups is 1. The van der Waals surface area contributed by atoms with Gasteiger partial charge in [-0.2, -0.15) is 5.09 Å². The van der Waals surface area contributed by atoms with Crippen LogP contribution in [0.2, 0.25) is 0 Å². The van der Waals surface area contributed by atoms with Crippen molar-refractivity contribution in [1.29, 1.82) is 0 Å². The minimum Gasteiger partial charge on any atom is -0.459 e. The molecule has 0 aliphatic rings. The second-order valence-corrected chi connectivity index (χ2v) is 14.9. The number of anilines is 1. The summed E-state index contributed by atoms with van der Waals surface area (Å²) in [6, 6.07) is 19.2. The molecule has 0 saturated heterocycles. The quantitative estimate of drug-likeness (QED) is 0.0901. The number of imidazole rings is 1. The summed E-state index contributed by atoms with van der Waals surface area (Å²) < 4.78 is 39.8. The van der Waals surface area contributed by atoms with E-state index in [9.17, 15) is 14.5 Å². The normalized spacial score (nSPS) is 15.4. The number of hydrogen-bond acceptors (Lipinski definition) is 10. The standard InChI is InChI=1S/C35H44N5O7P/c1-8-44-20-28-38-30-31(26-15-11-12-16-27(26)37-32(30)36)40(28)35(7,42)21-45-48(43,39-29(22(2)3)33(41)46-34(4,5)6)47-25-18-17-23-13-9-10-14-24(23)19-25/h9-19,22,29,42H,8,20-21H2,1-7H3,(H2,36,37)(H,39,43)/t29-,35-,48-/m0/s1. The maximum atomic E-state index is 14.8. The lowest BCUT2D eigenvalue weighted by atomic mass is 10.1. The molecule has 0 bridgehead atoms. The summed E-state index contributed by atoms with van der Waals surface area (Å²) >= 11 is 0. The predicted molar refractivity (Wildman–Crippen MR) is 186 cm³/mol. The highest BCUT2D eigenvalue weighted by molar-refractivity contribution is 7.52. The maximum Gasteiger partial charge on any atom is 0.459 e. The van der Waals surface area contributed by atoms with E-state index in [-0.39, 0.29) is 24.1 Å². The van der Waals surface area contributed by atoms with Crippen molar-refractivity contribution >= 4 is 52.2 Å². The first kappa shape index (κ1) is 35.3. The second-order valence-electron chi connectivity index (χ2n) is 13.2. The number of fused-ring (bicyclic) bond motifs is 4. The maximum absolute atomic E-state index is 14.8. The summed E-state index contributed by atoms with van der Waals surface area (Å²) in [4.78, 5) is 22.5. The number of aliphatic hydroxyl groups is 1. The van der Waals surface area contributed by atoms with Gasteiger partial charge in [0.2, 0.25) is 0 Å². The van der Waals surface area contributed by atoms with Crippen LogP contribution in [0, 0.1) is 5.92 Å². The van der Waals surface area contributed by atoms with E-state index in [2.05, 4.69) is 10.1 Å². The van der Waals surface area contributed by atoms with Crippen LogP contribution >= 0.6 is 7.75 Å². The van der Waals surface area contributed by atoms with Gasteiger partial charge in [0.1, 0.15) is 41.9 Å². The number of nitrogen functional groups attached to an aromatic ring is 1. The van der Waals surface area contributed by atoms with Crippen molar-refractivity contribution in [1.82, 2.24) is 19.6 Å². The molecule has 4 N–H and O–H groups in total. The van der Waals surface area contributed by atoms with E-state index in [0.717, 1.165) is 10.8 Å². The van der Waals surface area contributed by atoms with Crippen molar-refractivity contribution in [2.75, 3.05) is 18.9 Å². The fraction of sp³-hybridized carbons (Fsp3) is 0.400. The Kier molecular flexibility index (Phi) is 10.1. The molecule has 0 saturated carbocycles. The van der Waals surface area contributed by atoms with Gasteiger partial charge in [-0.3, -0.25) is 13.9 Å². The Labute approximate surface area is 280 Å². The number of pyridine rings is 1. The molecule has 12 nitrogen and oxygen atoms in total. The van der Waals surface area contributed by atoms with Gasteiger partial charge in [-0.1, -0.05) is 62.4 Å². The molecule has 13 heteroatoms. The van der Waals surface area contributed by atoms with Crippen LogP contribution in [0.1, 0.15) is 54.3 Å². The second kappa shape index (κ2) is 13.8. The van der Waals surface area contributed by atoms with Crippen molar-refractivity contribution in [2.45, 2.75) is 72.4 Å². The van der Waals surface area contributed by atoms with Crippen molar-refractivity contribution in [3.63, 3.8) is 0 Å². The molecule has 5 rings (SSSR count). The predicted octanol–water partition coefficient (Wildman–Crippen LogP) is 6.68. The Morgan fingerprint density at radius 3 is 2.40 bits per heavy atom. The van der Waals surface area contributed by atoms with Gasteiger partial charge in [0.25, 0.3) is 0 Å². The number of hydrogen-bond donors (Lipinski definition) is 3. The van der Waals surface area contributed by atoms with E-state index in [1.807, 2.05) is 61.5 Å². The first-order chi connectivity index (χ1) is 22.6. The number of nitrogens with one attached hydrogen (secondary N) is 1. The molecule has 3 atom stereocenters. The number of benzene rings is 3. The fourth-order valence-electron chi connectivity index (χ4n) is 5.39. The first-order valence-electron chi connectivity index (χ1n) is 15.9. The van der Waals surface area contributed by atoms with Crippen LogP contribution in [0.4, 0.5) is 5.82 Å². The smallest absolute Gasteiger partial charge is 0.459 e. The summed E-state index contributed by atoms with van der Waals surface area (Å²) in [6.07, 6.45) is 0. The third-order valence-corrected chi connectivity index (χ3v) is 9.10. The van der Waals surface area contributed by atoms with Crippen molar-refractivity contribution in [2.24, 2.45) is 5.92 Å². The van der Waals surface area contributed by atoms with Crippen LogP contribution in [0.3, 0.4) is 0 Å². The van der Waals surface area contributed by atoms with E-state index in [0.29, 0.717) is 34.4 Å². The zero-order chi connectivity index (χ0) is 34.9. The van der Waals surface area contributed by atoms with E-state index in [1.165, 1.54) is 6.92 Å². The van der Waals surface area contributed by atoms with Crippen molar-refractivity contribution in [3.8, 4) is 5.75 Å². The Morgan fingerprint density at radius 1 is 1.02 bits per heavy atom. The molecule has 48 heavy (non-hydrogen) atoms. The minimum absolute atomic E-state index is 0.0483. The minimum atomic E-state index is -4.41. The van der Waals surface area contributed by atoms with Gasteiger partial charge in [-0.05, 0) is 69.5 Å². The van der Waals surface area contributed by atoms with Gasteiger partial charge in [-0.15, -0.1) is 0 Å². The molecule has 0 unspecified atom stereocenters. The van der Waals surface area contributed by atoms with Crippen LogP contribution in [0.5, 0.6) is 5.75 Å². The first-order valence-corrected chi connectivity index (χ1v) is 17.4.